The molecule has 2 amide bonds. The molecule has 1 aromatic heterocycles. The number of hydrogen-bond donors (Lipinski definition) is 2. The fraction of sp³-hybridized carbons (Fsp3) is 0.350. The van der Waals surface area contributed by atoms with E-state index in [2.05, 4.69) is 17.2 Å². The smallest absolute Gasteiger partial charge is 0.251 e. The summed E-state index contributed by atoms with van der Waals surface area (Å²) in [6.07, 6.45) is 0. The number of primary amides is 1. The number of benzene rings is 1. The monoisotopic (exact) mass is 371 g/mol. The first-order valence-electron chi connectivity index (χ1n) is 8.53. The lowest BCUT2D eigenvalue weighted by Gasteiger charge is -2.15. The van der Waals surface area contributed by atoms with Gasteiger partial charge in [-0.3, -0.25) is 9.59 Å². The third-order valence-electron chi connectivity index (χ3n) is 4.52. The van der Waals surface area contributed by atoms with Crippen LogP contribution in [-0.2, 0) is 4.79 Å². The fourth-order valence-corrected chi connectivity index (χ4v) is 3.63. The lowest BCUT2D eigenvalue weighted by molar-refractivity contribution is -0.118. The SMILES string of the molecule is Cc1nc(SCC(=O)NC[C@@H](C)c2ccccc2)c(C(N)=O)c(C)c1C. The van der Waals surface area contributed by atoms with Crippen LogP contribution in [0.2, 0.25) is 0 Å². The number of aryl methyl sites for hydroxylation is 1. The van der Waals surface area contributed by atoms with Crippen molar-refractivity contribution in [3.05, 3.63) is 58.3 Å². The van der Waals surface area contributed by atoms with Crippen molar-refractivity contribution in [3.63, 3.8) is 0 Å². The first kappa shape index (κ1) is 20.0. The van der Waals surface area contributed by atoms with E-state index in [1.807, 2.05) is 51.1 Å². The number of hydrogen-bond acceptors (Lipinski definition) is 4. The van der Waals surface area contributed by atoms with Crippen LogP contribution in [0.25, 0.3) is 0 Å². The van der Waals surface area contributed by atoms with Gasteiger partial charge in [0.05, 0.1) is 11.3 Å². The van der Waals surface area contributed by atoms with Gasteiger partial charge in [-0.05, 0) is 43.4 Å². The highest BCUT2D eigenvalue weighted by Gasteiger charge is 2.18. The van der Waals surface area contributed by atoms with Gasteiger partial charge < -0.3 is 11.1 Å². The van der Waals surface area contributed by atoms with Crippen LogP contribution in [0.15, 0.2) is 35.4 Å². The summed E-state index contributed by atoms with van der Waals surface area (Å²) in [7, 11) is 0. The van der Waals surface area contributed by atoms with Gasteiger partial charge in [0.2, 0.25) is 5.91 Å². The van der Waals surface area contributed by atoms with Crippen molar-refractivity contribution in [1.29, 1.82) is 0 Å². The average Bonchev–Trinajstić information content (AvgIpc) is 2.62. The number of nitrogens with one attached hydrogen (secondary N) is 1. The Kier molecular flexibility index (Phi) is 6.80. The molecule has 138 valence electrons. The van der Waals surface area contributed by atoms with Gasteiger partial charge in [-0.2, -0.15) is 0 Å². The zero-order valence-corrected chi connectivity index (χ0v) is 16.4. The molecule has 0 aliphatic heterocycles. The number of thioether (sulfide) groups is 1. The van der Waals surface area contributed by atoms with Crippen molar-refractivity contribution < 1.29 is 9.59 Å². The predicted molar refractivity (Wildman–Crippen MR) is 106 cm³/mol. The molecule has 2 aromatic rings. The van der Waals surface area contributed by atoms with E-state index in [1.165, 1.54) is 17.3 Å². The number of aromatic nitrogens is 1. The zero-order chi connectivity index (χ0) is 19.3. The zero-order valence-electron chi connectivity index (χ0n) is 15.6. The van der Waals surface area contributed by atoms with Crippen molar-refractivity contribution in [2.45, 2.75) is 38.6 Å². The number of rotatable bonds is 7. The molecule has 5 nitrogen and oxygen atoms in total. The maximum Gasteiger partial charge on any atom is 0.251 e. The Morgan fingerprint density at radius 3 is 2.42 bits per heavy atom. The Labute approximate surface area is 158 Å². The summed E-state index contributed by atoms with van der Waals surface area (Å²) >= 11 is 1.24. The maximum atomic E-state index is 12.2. The normalized spacial score (nSPS) is 11.8. The Morgan fingerprint density at radius 1 is 1.15 bits per heavy atom. The Hall–Kier alpha value is -2.34. The van der Waals surface area contributed by atoms with E-state index in [0.29, 0.717) is 17.1 Å². The van der Waals surface area contributed by atoms with E-state index in [-0.39, 0.29) is 17.6 Å². The molecule has 0 unspecified atom stereocenters. The van der Waals surface area contributed by atoms with Crippen LogP contribution in [0.3, 0.4) is 0 Å². The first-order chi connectivity index (χ1) is 12.3. The number of pyridine rings is 1. The molecule has 2 rings (SSSR count). The van der Waals surface area contributed by atoms with Crippen molar-refractivity contribution in [2.75, 3.05) is 12.3 Å². The van der Waals surface area contributed by atoms with Crippen LogP contribution in [0.1, 0.15) is 45.6 Å². The van der Waals surface area contributed by atoms with Gasteiger partial charge in [-0.1, -0.05) is 49.0 Å². The molecule has 0 bridgehead atoms. The van der Waals surface area contributed by atoms with Crippen molar-refractivity contribution in [3.8, 4) is 0 Å². The van der Waals surface area contributed by atoms with Crippen LogP contribution in [0.4, 0.5) is 0 Å². The Morgan fingerprint density at radius 2 is 1.81 bits per heavy atom. The molecule has 0 spiro atoms. The van der Waals surface area contributed by atoms with Crippen molar-refractivity contribution in [1.82, 2.24) is 10.3 Å². The standard InChI is InChI=1S/C20H25N3O2S/c1-12(16-8-6-5-7-9-16)10-22-17(24)11-26-20-18(19(21)25)14(3)13(2)15(4)23-20/h5-9,12H,10-11H2,1-4H3,(H2,21,25)(H,22,24)/t12-/m1/s1. The predicted octanol–water partition coefficient (Wildman–Crippen LogP) is 3.12. The van der Waals surface area contributed by atoms with Gasteiger partial charge >= 0.3 is 0 Å². The molecule has 6 heteroatoms. The minimum atomic E-state index is -0.515. The minimum absolute atomic E-state index is 0.0918. The third kappa shape index (κ3) is 4.85. The second kappa shape index (κ2) is 8.85. The molecule has 0 aliphatic rings. The number of amides is 2. The summed E-state index contributed by atoms with van der Waals surface area (Å²) < 4.78 is 0. The fourth-order valence-electron chi connectivity index (χ4n) is 2.66. The Bertz CT molecular complexity index is 806. The van der Waals surface area contributed by atoms with E-state index < -0.39 is 5.91 Å². The first-order valence-corrected chi connectivity index (χ1v) is 9.51. The quantitative estimate of drug-likeness (QED) is 0.732. The minimum Gasteiger partial charge on any atom is -0.366 e. The van der Waals surface area contributed by atoms with E-state index in [0.717, 1.165) is 16.8 Å². The largest absolute Gasteiger partial charge is 0.366 e. The van der Waals surface area contributed by atoms with E-state index >= 15 is 0 Å². The lowest BCUT2D eigenvalue weighted by Crippen LogP contribution is -2.29. The van der Waals surface area contributed by atoms with Gasteiger partial charge in [-0.25, -0.2) is 4.98 Å². The van der Waals surface area contributed by atoms with E-state index in [1.54, 1.807) is 0 Å². The molecular formula is C20H25N3O2S. The number of nitrogens with two attached hydrogens (primary N) is 1. The van der Waals surface area contributed by atoms with Gasteiger partial charge in [0.1, 0.15) is 5.03 Å². The molecule has 0 saturated carbocycles. The summed E-state index contributed by atoms with van der Waals surface area (Å²) in [5.41, 5.74) is 9.71. The number of carbonyl (C=O) groups is 2. The number of nitrogens with zero attached hydrogens (tertiary/aromatic N) is 1. The third-order valence-corrected chi connectivity index (χ3v) is 5.50. The van der Waals surface area contributed by atoms with Crippen molar-refractivity contribution in [2.24, 2.45) is 5.73 Å². The van der Waals surface area contributed by atoms with Crippen LogP contribution in [0.5, 0.6) is 0 Å². The molecule has 0 fully saturated rings. The summed E-state index contributed by atoms with van der Waals surface area (Å²) in [6.45, 7) is 8.29. The Balaban J connectivity index is 1.98. The van der Waals surface area contributed by atoms with E-state index in [4.69, 9.17) is 5.73 Å². The lowest BCUT2D eigenvalue weighted by atomic mass is 10.0. The number of carbonyl (C=O) groups excluding carboxylic acids is 2. The van der Waals surface area contributed by atoms with Crippen LogP contribution < -0.4 is 11.1 Å². The summed E-state index contributed by atoms with van der Waals surface area (Å²) in [4.78, 5) is 28.4. The molecule has 0 aliphatic carbocycles. The van der Waals surface area contributed by atoms with Crippen LogP contribution in [-0.4, -0.2) is 29.1 Å². The molecule has 0 saturated heterocycles. The van der Waals surface area contributed by atoms with Gasteiger partial charge in [0, 0.05) is 12.2 Å². The summed E-state index contributed by atoms with van der Waals surface area (Å²) in [5, 5.41) is 3.45. The van der Waals surface area contributed by atoms with E-state index in [9.17, 15) is 9.59 Å². The average molecular weight is 372 g/mol. The molecular weight excluding hydrogens is 346 g/mol. The highest BCUT2D eigenvalue weighted by Crippen LogP contribution is 2.26. The maximum absolute atomic E-state index is 12.2. The topological polar surface area (TPSA) is 85.1 Å². The molecule has 26 heavy (non-hydrogen) atoms. The van der Waals surface area contributed by atoms with Gasteiger partial charge in [-0.15, -0.1) is 0 Å². The molecule has 3 N–H and O–H groups in total. The molecule has 1 heterocycles. The van der Waals surface area contributed by atoms with Gasteiger partial charge in [0.25, 0.3) is 5.91 Å². The molecule has 1 aromatic carbocycles. The molecule has 0 radical (unpaired) electrons. The highest BCUT2D eigenvalue weighted by molar-refractivity contribution is 8.00. The summed E-state index contributed by atoms with van der Waals surface area (Å²) in [6, 6.07) is 10.0. The summed E-state index contributed by atoms with van der Waals surface area (Å²) in [5.74, 6) is -0.186. The second-order valence-corrected chi connectivity index (χ2v) is 7.36. The second-order valence-electron chi connectivity index (χ2n) is 6.40. The molecule has 1 atom stereocenters. The highest BCUT2D eigenvalue weighted by atomic mass is 32.2. The van der Waals surface area contributed by atoms with Crippen LogP contribution in [0, 0.1) is 20.8 Å². The van der Waals surface area contributed by atoms with Crippen molar-refractivity contribution >= 4 is 23.6 Å². The van der Waals surface area contributed by atoms with Crippen LogP contribution >= 0.6 is 11.8 Å². The van der Waals surface area contributed by atoms with Gasteiger partial charge in [0.15, 0.2) is 0 Å².